The van der Waals surface area contributed by atoms with Crippen LogP contribution in [0.3, 0.4) is 0 Å². The Balaban J connectivity index is 4.06. The quantitative estimate of drug-likeness (QED) is 0.0728. The maximum absolute atomic E-state index is 12.4. The normalized spacial score (nSPS) is 12.5. The van der Waals surface area contributed by atoms with E-state index < -0.39 is 5.97 Å². The average molecular weight is 520 g/mol. The van der Waals surface area contributed by atoms with Gasteiger partial charge in [0, 0.05) is 12.8 Å². The Labute approximate surface area is 226 Å². The molecule has 0 aliphatic carbocycles. The summed E-state index contributed by atoms with van der Waals surface area (Å²) in [7, 11) is 0. The molecule has 0 aromatic heterocycles. The topological polar surface area (TPSA) is 92.7 Å². The van der Waals surface area contributed by atoms with Crippen molar-refractivity contribution in [2.24, 2.45) is 0 Å². The molecule has 1 unspecified atom stereocenters. The molecule has 2 N–H and O–H groups in total. The first kappa shape index (κ1) is 34.6. The van der Waals surface area contributed by atoms with E-state index in [1.54, 1.807) is 0 Å². The van der Waals surface area contributed by atoms with Crippen molar-refractivity contribution >= 4 is 17.8 Å². The molecule has 0 spiro atoms. The number of aliphatic carboxylic acids is 1. The highest BCUT2D eigenvalue weighted by Gasteiger charge is 2.14. The van der Waals surface area contributed by atoms with E-state index in [0.29, 0.717) is 19.3 Å². The summed E-state index contributed by atoms with van der Waals surface area (Å²) in [4.78, 5) is 34.5. The lowest BCUT2D eigenvalue weighted by atomic mass is 10.0. The molecule has 0 aromatic carbocycles. The molecule has 0 fully saturated rings. The molecule has 1 amide bonds. The molecular weight excluding hydrogens is 466 g/mol. The van der Waals surface area contributed by atoms with Crippen LogP contribution < -0.4 is 5.32 Å². The van der Waals surface area contributed by atoms with Crippen molar-refractivity contribution in [1.29, 1.82) is 0 Å². The number of carboxylic acids is 1. The van der Waals surface area contributed by atoms with Gasteiger partial charge in [0.05, 0.1) is 0 Å². The van der Waals surface area contributed by atoms with Crippen molar-refractivity contribution in [1.82, 2.24) is 5.32 Å². The number of amides is 1. The SMILES string of the molecule is CC/C=C\C/C=C\C/C=C\CCCCCC(=O)OC(CCCCCC)CCCCCC(=O)NCC(=O)O. The molecule has 212 valence electrons. The van der Waals surface area contributed by atoms with Crippen molar-refractivity contribution in [2.75, 3.05) is 6.54 Å². The van der Waals surface area contributed by atoms with E-state index in [0.717, 1.165) is 83.5 Å². The van der Waals surface area contributed by atoms with E-state index in [9.17, 15) is 14.4 Å². The van der Waals surface area contributed by atoms with Gasteiger partial charge in [-0.1, -0.05) is 82.4 Å². The monoisotopic (exact) mass is 519 g/mol. The van der Waals surface area contributed by atoms with E-state index in [1.165, 1.54) is 12.8 Å². The van der Waals surface area contributed by atoms with E-state index in [2.05, 4.69) is 55.6 Å². The number of nitrogens with one attached hydrogen (secondary N) is 1. The number of ether oxygens (including phenoxy) is 1. The molecular formula is C31H53NO5. The number of allylic oxidation sites excluding steroid dienone is 6. The van der Waals surface area contributed by atoms with E-state index in [4.69, 9.17) is 9.84 Å². The second-order valence-corrected chi connectivity index (χ2v) is 9.62. The fraction of sp³-hybridized carbons (Fsp3) is 0.710. The Morgan fingerprint density at radius 3 is 1.97 bits per heavy atom. The molecule has 0 rings (SSSR count). The first-order valence-corrected chi connectivity index (χ1v) is 14.6. The summed E-state index contributed by atoms with van der Waals surface area (Å²) >= 11 is 0. The summed E-state index contributed by atoms with van der Waals surface area (Å²) in [6.07, 6.45) is 29.9. The Kier molecular flexibility index (Phi) is 25.0. The molecule has 0 aromatic rings. The van der Waals surface area contributed by atoms with Crippen molar-refractivity contribution < 1.29 is 24.2 Å². The minimum atomic E-state index is -1.03. The fourth-order valence-corrected chi connectivity index (χ4v) is 3.94. The predicted octanol–water partition coefficient (Wildman–Crippen LogP) is 7.83. The van der Waals surface area contributed by atoms with E-state index in [1.807, 2.05) is 0 Å². The molecule has 1 atom stereocenters. The van der Waals surface area contributed by atoms with E-state index >= 15 is 0 Å². The van der Waals surface area contributed by atoms with Crippen LogP contribution in [0.1, 0.15) is 129 Å². The molecule has 6 heteroatoms. The lowest BCUT2D eigenvalue weighted by Gasteiger charge is -2.18. The number of hydrogen-bond acceptors (Lipinski definition) is 4. The molecule has 0 heterocycles. The lowest BCUT2D eigenvalue weighted by molar-refractivity contribution is -0.150. The van der Waals surface area contributed by atoms with Crippen molar-refractivity contribution in [2.45, 2.75) is 136 Å². The van der Waals surface area contributed by atoms with Gasteiger partial charge >= 0.3 is 11.9 Å². The van der Waals surface area contributed by atoms with Gasteiger partial charge in [0.15, 0.2) is 0 Å². The van der Waals surface area contributed by atoms with Gasteiger partial charge in [-0.2, -0.15) is 0 Å². The zero-order chi connectivity index (χ0) is 27.4. The van der Waals surface area contributed by atoms with Gasteiger partial charge < -0.3 is 15.2 Å². The van der Waals surface area contributed by atoms with Crippen LogP contribution in [0.2, 0.25) is 0 Å². The molecule has 0 saturated heterocycles. The molecule has 0 aliphatic heterocycles. The Morgan fingerprint density at radius 2 is 1.32 bits per heavy atom. The van der Waals surface area contributed by atoms with Gasteiger partial charge in [-0.25, -0.2) is 0 Å². The number of carbonyl (C=O) groups excluding carboxylic acids is 2. The number of esters is 1. The number of carboxylic acid groups (broad SMARTS) is 1. The highest BCUT2D eigenvalue weighted by atomic mass is 16.5. The largest absolute Gasteiger partial charge is 0.480 e. The van der Waals surface area contributed by atoms with Crippen LogP contribution in [0.25, 0.3) is 0 Å². The zero-order valence-corrected chi connectivity index (χ0v) is 23.6. The summed E-state index contributed by atoms with van der Waals surface area (Å²) in [5.41, 5.74) is 0. The summed E-state index contributed by atoms with van der Waals surface area (Å²) < 4.78 is 5.82. The predicted molar refractivity (Wildman–Crippen MR) is 152 cm³/mol. The van der Waals surface area contributed by atoms with Crippen LogP contribution in [-0.2, 0) is 19.1 Å². The lowest BCUT2D eigenvalue weighted by Crippen LogP contribution is -2.28. The van der Waals surface area contributed by atoms with Gasteiger partial charge in [0.25, 0.3) is 0 Å². The highest BCUT2D eigenvalue weighted by Crippen LogP contribution is 2.17. The number of carbonyl (C=O) groups is 3. The number of hydrogen-bond donors (Lipinski definition) is 2. The van der Waals surface area contributed by atoms with Crippen LogP contribution in [0.4, 0.5) is 0 Å². The van der Waals surface area contributed by atoms with Gasteiger partial charge in [0.1, 0.15) is 12.6 Å². The molecule has 0 aliphatic rings. The molecule has 37 heavy (non-hydrogen) atoms. The summed E-state index contributed by atoms with van der Waals surface area (Å²) in [6, 6.07) is 0. The van der Waals surface area contributed by atoms with Crippen LogP contribution >= 0.6 is 0 Å². The molecule has 0 bridgehead atoms. The van der Waals surface area contributed by atoms with E-state index in [-0.39, 0.29) is 24.5 Å². The van der Waals surface area contributed by atoms with Crippen LogP contribution in [0, 0.1) is 0 Å². The first-order valence-electron chi connectivity index (χ1n) is 14.6. The maximum atomic E-state index is 12.4. The Hall–Kier alpha value is -2.37. The summed E-state index contributed by atoms with van der Waals surface area (Å²) in [5, 5.41) is 11.0. The first-order chi connectivity index (χ1) is 18.0. The van der Waals surface area contributed by atoms with Crippen molar-refractivity contribution in [3.05, 3.63) is 36.5 Å². The minimum Gasteiger partial charge on any atom is -0.480 e. The highest BCUT2D eigenvalue weighted by molar-refractivity contribution is 5.80. The maximum Gasteiger partial charge on any atom is 0.322 e. The third-order valence-electron chi connectivity index (χ3n) is 6.08. The summed E-state index contributed by atoms with van der Waals surface area (Å²) in [5.74, 6) is -1.35. The van der Waals surface area contributed by atoms with Crippen molar-refractivity contribution in [3.8, 4) is 0 Å². The molecule has 6 nitrogen and oxygen atoms in total. The third-order valence-corrected chi connectivity index (χ3v) is 6.08. The minimum absolute atomic E-state index is 0.0429. The fourth-order valence-electron chi connectivity index (χ4n) is 3.94. The smallest absolute Gasteiger partial charge is 0.322 e. The molecule has 0 saturated carbocycles. The molecule has 0 radical (unpaired) electrons. The van der Waals surface area contributed by atoms with Gasteiger partial charge in [-0.05, 0) is 70.6 Å². The number of unbranched alkanes of at least 4 members (excludes halogenated alkanes) is 8. The van der Waals surface area contributed by atoms with Crippen LogP contribution in [-0.4, -0.2) is 35.6 Å². The standard InChI is InChI=1S/C31H53NO5/c1-3-5-7-9-10-11-12-13-14-15-16-17-22-26-31(36)37-28(23-19-8-6-4-2)24-20-18-21-25-29(33)32-27-30(34)35/h5,7,10-11,13-14,28H,3-4,6,8-9,12,15-27H2,1-2H3,(H,32,33)(H,34,35)/b7-5-,11-10-,14-13-. The van der Waals surface area contributed by atoms with Crippen LogP contribution in [0.5, 0.6) is 0 Å². The van der Waals surface area contributed by atoms with Gasteiger partial charge in [0.2, 0.25) is 5.91 Å². The van der Waals surface area contributed by atoms with Gasteiger partial charge in [-0.3, -0.25) is 14.4 Å². The van der Waals surface area contributed by atoms with Gasteiger partial charge in [-0.15, -0.1) is 0 Å². The Bertz CT molecular complexity index is 669. The number of rotatable bonds is 25. The third kappa shape index (κ3) is 26.5. The summed E-state index contributed by atoms with van der Waals surface area (Å²) in [6.45, 7) is 3.99. The second kappa shape index (κ2) is 26.7. The van der Waals surface area contributed by atoms with Crippen molar-refractivity contribution in [3.63, 3.8) is 0 Å². The zero-order valence-electron chi connectivity index (χ0n) is 23.6. The van der Waals surface area contributed by atoms with Crippen LogP contribution in [0.15, 0.2) is 36.5 Å². The Morgan fingerprint density at radius 1 is 0.730 bits per heavy atom. The average Bonchev–Trinajstić information content (AvgIpc) is 2.87. The second-order valence-electron chi connectivity index (χ2n) is 9.62.